The molecule has 0 unspecified atom stereocenters. The lowest BCUT2D eigenvalue weighted by Crippen LogP contribution is -1.70. The number of hydrogen-bond acceptors (Lipinski definition) is 5. The molecule has 0 fully saturated rings. The van der Waals surface area contributed by atoms with Crippen LogP contribution in [0.3, 0.4) is 0 Å². The molecule has 3 rings (SSSR count). The Hall–Kier alpha value is -1.07. The predicted octanol–water partition coefficient (Wildman–Crippen LogP) is 2.61. The maximum absolute atomic E-state index is 4.46. The summed E-state index contributed by atoms with van der Waals surface area (Å²) in [4.78, 5) is 4.46. The van der Waals surface area contributed by atoms with Crippen LogP contribution < -0.4 is 0 Å². The third-order valence-electron chi connectivity index (χ3n) is 1.88. The summed E-state index contributed by atoms with van der Waals surface area (Å²) in [5.74, 6) is 0. The number of aromatic nitrogens is 3. The summed E-state index contributed by atoms with van der Waals surface area (Å²) < 4.78 is 6.23. The molecule has 2 aromatic heterocycles. The zero-order valence-corrected chi connectivity index (χ0v) is 8.45. The predicted molar refractivity (Wildman–Crippen MR) is 55.3 cm³/mol. The van der Waals surface area contributed by atoms with Crippen molar-refractivity contribution in [2.24, 2.45) is 0 Å². The Bertz CT molecular complexity index is 581. The van der Waals surface area contributed by atoms with Crippen LogP contribution in [0.4, 0.5) is 0 Å². The highest BCUT2D eigenvalue weighted by Crippen LogP contribution is 2.29. The van der Waals surface area contributed by atoms with Gasteiger partial charge in [-0.15, -0.1) is 16.4 Å². The van der Waals surface area contributed by atoms with E-state index in [4.69, 9.17) is 0 Å². The van der Waals surface area contributed by atoms with Crippen LogP contribution >= 0.6 is 22.9 Å². The van der Waals surface area contributed by atoms with Gasteiger partial charge in [0.1, 0.15) is 15.7 Å². The molecule has 3 nitrogen and oxygen atoms in total. The van der Waals surface area contributed by atoms with Gasteiger partial charge in [-0.05, 0) is 30.6 Å². The van der Waals surface area contributed by atoms with E-state index in [1.807, 2.05) is 13.0 Å². The number of thiazole rings is 1. The molecule has 13 heavy (non-hydrogen) atoms. The Balaban J connectivity index is 2.64. The van der Waals surface area contributed by atoms with Crippen molar-refractivity contribution >= 4 is 43.3 Å². The fourth-order valence-electron chi connectivity index (χ4n) is 1.34. The molecule has 2 heterocycles. The SMILES string of the molecule is Cc1nc2c(ccc3nnsc32)s1. The van der Waals surface area contributed by atoms with Crippen molar-refractivity contribution in [2.45, 2.75) is 6.92 Å². The minimum Gasteiger partial charge on any atom is -0.240 e. The fraction of sp³-hybridized carbons (Fsp3) is 0.125. The smallest absolute Gasteiger partial charge is 0.108 e. The van der Waals surface area contributed by atoms with Gasteiger partial charge < -0.3 is 0 Å². The molecule has 0 aliphatic carbocycles. The first-order valence-corrected chi connectivity index (χ1v) is 5.42. The summed E-state index contributed by atoms with van der Waals surface area (Å²) in [6.07, 6.45) is 0. The van der Waals surface area contributed by atoms with Gasteiger partial charge in [0.05, 0.1) is 9.71 Å². The minimum atomic E-state index is 0.947. The molecule has 0 saturated heterocycles. The first kappa shape index (κ1) is 7.34. The van der Waals surface area contributed by atoms with Crippen LogP contribution in [-0.4, -0.2) is 14.6 Å². The monoisotopic (exact) mass is 207 g/mol. The second-order valence-corrected chi connectivity index (χ2v) is 4.76. The summed E-state index contributed by atoms with van der Waals surface area (Å²) in [5, 5.41) is 5.10. The highest BCUT2D eigenvalue weighted by molar-refractivity contribution is 7.20. The van der Waals surface area contributed by atoms with Gasteiger partial charge in [0, 0.05) is 0 Å². The molecule has 64 valence electrons. The summed E-state index contributed by atoms with van der Waals surface area (Å²) in [5.41, 5.74) is 2.00. The van der Waals surface area contributed by atoms with Crippen LogP contribution in [0, 0.1) is 6.92 Å². The van der Waals surface area contributed by atoms with E-state index >= 15 is 0 Å². The van der Waals surface area contributed by atoms with Gasteiger partial charge in [-0.2, -0.15) is 0 Å². The normalized spacial score (nSPS) is 11.5. The van der Waals surface area contributed by atoms with Crippen molar-refractivity contribution in [1.29, 1.82) is 0 Å². The second-order valence-electron chi connectivity index (χ2n) is 2.77. The van der Waals surface area contributed by atoms with Crippen molar-refractivity contribution in [2.75, 3.05) is 0 Å². The largest absolute Gasteiger partial charge is 0.240 e. The fourth-order valence-corrected chi connectivity index (χ4v) is 2.90. The van der Waals surface area contributed by atoms with E-state index in [0.717, 1.165) is 20.7 Å². The first-order valence-electron chi connectivity index (χ1n) is 3.83. The molecule has 0 saturated carbocycles. The van der Waals surface area contributed by atoms with E-state index in [2.05, 4.69) is 20.6 Å². The average molecular weight is 207 g/mol. The highest BCUT2D eigenvalue weighted by Gasteiger charge is 2.07. The molecule has 0 atom stereocenters. The molecule has 5 heteroatoms. The van der Waals surface area contributed by atoms with Crippen LogP contribution in [0.5, 0.6) is 0 Å². The van der Waals surface area contributed by atoms with E-state index < -0.39 is 0 Å². The van der Waals surface area contributed by atoms with Crippen LogP contribution in [-0.2, 0) is 0 Å². The minimum absolute atomic E-state index is 0.947. The van der Waals surface area contributed by atoms with Crippen molar-refractivity contribution in [3.63, 3.8) is 0 Å². The van der Waals surface area contributed by atoms with Crippen molar-refractivity contribution < 1.29 is 0 Å². The number of rotatable bonds is 0. The lowest BCUT2D eigenvalue weighted by Gasteiger charge is -1.85. The third kappa shape index (κ3) is 0.973. The van der Waals surface area contributed by atoms with Crippen molar-refractivity contribution in [3.05, 3.63) is 17.1 Å². The van der Waals surface area contributed by atoms with E-state index in [0.29, 0.717) is 0 Å². The zero-order valence-electron chi connectivity index (χ0n) is 6.81. The maximum Gasteiger partial charge on any atom is 0.108 e. The van der Waals surface area contributed by atoms with Crippen LogP contribution in [0.2, 0.25) is 0 Å². The summed E-state index contributed by atoms with van der Waals surface area (Å²) in [6.45, 7) is 2.02. The Morgan fingerprint density at radius 2 is 2.23 bits per heavy atom. The standard InChI is InChI=1S/C8H5N3S2/c1-4-9-7-6(12-4)3-2-5-8(7)13-11-10-5/h2-3H,1H3. The van der Waals surface area contributed by atoms with Crippen molar-refractivity contribution in [1.82, 2.24) is 14.6 Å². The van der Waals surface area contributed by atoms with Gasteiger partial charge in [-0.1, -0.05) is 4.49 Å². The number of nitrogens with zero attached hydrogens (tertiary/aromatic N) is 3. The maximum atomic E-state index is 4.46. The molecule has 0 N–H and O–H groups in total. The van der Waals surface area contributed by atoms with Crippen LogP contribution in [0.1, 0.15) is 5.01 Å². The average Bonchev–Trinajstić information content (AvgIpc) is 2.65. The summed E-state index contributed by atoms with van der Waals surface area (Å²) in [6, 6.07) is 4.06. The lowest BCUT2D eigenvalue weighted by atomic mass is 10.3. The third-order valence-corrected chi connectivity index (χ3v) is 3.57. The Morgan fingerprint density at radius 3 is 3.15 bits per heavy atom. The van der Waals surface area contributed by atoms with E-state index in [1.54, 1.807) is 11.3 Å². The Kier molecular flexibility index (Phi) is 1.39. The number of hydrogen-bond donors (Lipinski definition) is 0. The topological polar surface area (TPSA) is 38.7 Å². The van der Waals surface area contributed by atoms with Crippen LogP contribution in [0.25, 0.3) is 20.4 Å². The first-order chi connectivity index (χ1) is 6.34. The number of benzene rings is 1. The Morgan fingerprint density at radius 1 is 1.31 bits per heavy atom. The van der Waals surface area contributed by atoms with Crippen molar-refractivity contribution in [3.8, 4) is 0 Å². The molecule has 0 spiro atoms. The molecule has 0 amide bonds. The molecule has 0 radical (unpaired) electrons. The van der Waals surface area contributed by atoms with Crippen LogP contribution in [0.15, 0.2) is 12.1 Å². The molecule has 0 bridgehead atoms. The number of aryl methyl sites for hydroxylation is 1. The van der Waals surface area contributed by atoms with E-state index in [1.165, 1.54) is 16.2 Å². The second kappa shape index (κ2) is 2.46. The van der Waals surface area contributed by atoms with E-state index in [9.17, 15) is 0 Å². The number of fused-ring (bicyclic) bond motifs is 3. The lowest BCUT2D eigenvalue weighted by molar-refractivity contribution is 1.20. The molecule has 0 aliphatic heterocycles. The quantitative estimate of drug-likeness (QED) is 0.568. The van der Waals surface area contributed by atoms with Gasteiger partial charge in [-0.25, -0.2) is 4.98 Å². The zero-order chi connectivity index (χ0) is 8.84. The molecule has 3 aromatic rings. The molecule has 1 aromatic carbocycles. The molecular weight excluding hydrogens is 202 g/mol. The Labute approximate surface area is 82.2 Å². The van der Waals surface area contributed by atoms with Gasteiger partial charge in [0.15, 0.2) is 0 Å². The van der Waals surface area contributed by atoms with Gasteiger partial charge in [0.25, 0.3) is 0 Å². The van der Waals surface area contributed by atoms with Gasteiger partial charge >= 0.3 is 0 Å². The van der Waals surface area contributed by atoms with E-state index in [-0.39, 0.29) is 0 Å². The molecule has 0 aliphatic rings. The van der Waals surface area contributed by atoms with Gasteiger partial charge in [0.2, 0.25) is 0 Å². The summed E-state index contributed by atoms with van der Waals surface area (Å²) in [7, 11) is 0. The van der Waals surface area contributed by atoms with Gasteiger partial charge in [-0.3, -0.25) is 0 Å². The molecular formula is C8H5N3S2. The summed E-state index contributed by atoms with van der Waals surface area (Å²) >= 11 is 3.12. The highest BCUT2D eigenvalue weighted by atomic mass is 32.1.